The van der Waals surface area contributed by atoms with Gasteiger partial charge in [-0.25, -0.2) is 0 Å². The van der Waals surface area contributed by atoms with E-state index in [1.165, 1.54) is 0 Å². The van der Waals surface area contributed by atoms with Crippen LogP contribution in [-0.2, 0) is 11.3 Å². The molecule has 0 aliphatic rings. The van der Waals surface area contributed by atoms with Crippen molar-refractivity contribution in [1.29, 1.82) is 0 Å². The molecule has 0 radical (unpaired) electrons. The molecule has 0 fully saturated rings. The second-order valence-electron chi connectivity index (χ2n) is 6.81. The zero-order valence-corrected chi connectivity index (χ0v) is 18.3. The summed E-state index contributed by atoms with van der Waals surface area (Å²) in [5.41, 5.74) is 0. The van der Waals surface area contributed by atoms with Crippen LogP contribution in [0.4, 0.5) is 0 Å². The number of hydrogen-bond donors (Lipinski definition) is 1. The van der Waals surface area contributed by atoms with E-state index >= 15 is 0 Å². The number of carbonyl (C=O) groups excluding carboxylic acids is 1. The summed E-state index contributed by atoms with van der Waals surface area (Å²) in [4.78, 5) is 11.7. The summed E-state index contributed by atoms with van der Waals surface area (Å²) < 4.78 is 5.18. The molecule has 0 aliphatic heterocycles. The molecule has 0 aliphatic carbocycles. The van der Waals surface area contributed by atoms with Gasteiger partial charge in [-0.2, -0.15) is 0 Å². The Balaban J connectivity index is 1.94. The zero-order chi connectivity index (χ0) is 21.5. The van der Waals surface area contributed by atoms with Gasteiger partial charge in [0.05, 0.1) is 12.8 Å². The smallest absolute Gasteiger partial charge is 0.220 e. The number of nitrogens with one attached hydrogen (secondary N) is 1. The second kappa shape index (κ2) is 19.5. The first-order valence-electron chi connectivity index (χ1n) is 11.0. The van der Waals surface area contributed by atoms with Crippen LogP contribution in [0, 0.1) is 0 Å². The zero-order valence-electron chi connectivity index (χ0n) is 18.3. The van der Waals surface area contributed by atoms with Crippen molar-refractivity contribution in [2.75, 3.05) is 0 Å². The molecule has 162 valence electrons. The SMILES string of the molecule is CC/C=C\C/C=C\C/C=C\C/C=C\C/C=C\C/C=C\CCC(=O)NCc1ccco1. The molecule has 1 aromatic rings. The Morgan fingerprint density at radius 3 is 1.77 bits per heavy atom. The van der Waals surface area contributed by atoms with Gasteiger partial charge in [-0.3, -0.25) is 4.79 Å². The molecular weight excluding hydrogens is 370 g/mol. The van der Waals surface area contributed by atoms with E-state index in [2.05, 4.69) is 85.2 Å². The Bertz CT molecular complexity index is 703. The Morgan fingerprint density at radius 2 is 1.30 bits per heavy atom. The monoisotopic (exact) mass is 407 g/mol. The fourth-order valence-electron chi connectivity index (χ4n) is 2.54. The highest BCUT2D eigenvalue weighted by Gasteiger charge is 2.00. The molecule has 0 unspecified atom stereocenters. The summed E-state index contributed by atoms with van der Waals surface area (Å²) in [5, 5.41) is 2.85. The van der Waals surface area contributed by atoms with Gasteiger partial charge < -0.3 is 9.73 Å². The molecule has 1 aromatic heterocycles. The lowest BCUT2D eigenvalue weighted by Gasteiger charge is -2.00. The van der Waals surface area contributed by atoms with Crippen LogP contribution in [0.25, 0.3) is 0 Å². The predicted molar refractivity (Wildman–Crippen MR) is 128 cm³/mol. The van der Waals surface area contributed by atoms with Crippen LogP contribution >= 0.6 is 0 Å². The summed E-state index contributed by atoms with van der Waals surface area (Å²) >= 11 is 0. The maximum absolute atomic E-state index is 11.7. The van der Waals surface area contributed by atoms with E-state index in [0.717, 1.165) is 50.7 Å². The van der Waals surface area contributed by atoms with E-state index in [1.807, 2.05) is 12.1 Å². The molecule has 3 nitrogen and oxygen atoms in total. The molecule has 1 N–H and O–H groups in total. The minimum absolute atomic E-state index is 0.0472. The van der Waals surface area contributed by atoms with Crippen LogP contribution in [0.1, 0.15) is 64.1 Å². The highest BCUT2D eigenvalue weighted by molar-refractivity contribution is 5.75. The predicted octanol–water partition coefficient (Wildman–Crippen LogP) is 7.37. The molecule has 30 heavy (non-hydrogen) atoms. The third-order valence-electron chi connectivity index (χ3n) is 4.17. The van der Waals surface area contributed by atoms with Crippen molar-refractivity contribution in [3.05, 3.63) is 97.1 Å². The fourth-order valence-corrected chi connectivity index (χ4v) is 2.54. The van der Waals surface area contributed by atoms with E-state index in [0.29, 0.717) is 13.0 Å². The van der Waals surface area contributed by atoms with E-state index < -0.39 is 0 Å². The Kier molecular flexibility index (Phi) is 16.4. The molecule has 0 saturated carbocycles. The van der Waals surface area contributed by atoms with Gasteiger partial charge in [0, 0.05) is 6.42 Å². The van der Waals surface area contributed by atoms with Gasteiger partial charge in [0.1, 0.15) is 5.76 Å². The number of amides is 1. The molecule has 0 atom stereocenters. The number of hydrogen-bond acceptors (Lipinski definition) is 2. The first-order chi connectivity index (χ1) is 14.8. The fraction of sp³-hybridized carbons (Fsp3) is 0.370. The highest BCUT2D eigenvalue weighted by atomic mass is 16.3. The lowest BCUT2D eigenvalue weighted by Crippen LogP contribution is -2.21. The highest BCUT2D eigenvalue weighted by Crippen LogP contribution is 2.00. The molecule has 0 saturated heterocycles. The standard InChI is InChI=1S/C27H37NO2/c1-2-3-4-5-6-7-8-9-10-11-12-13-14-15-16-17-18-19-20-23-27(29)28-25-26-22-21-24-30-26/h3-4,6-7,9-10,12-13,15-16,18-19,21-22,24H,2,5,8,11,14,17,20,23,25H2,1H3,(H,28,29)/b4-3-,7-6-,10-9-,13-12-,16-15-,19-18-. The topological polar surface area (TPSA) is 42.2 Å². The van der Waals surface area contributed by atoms with Gasteiger partial charge in [-0.1, -0.05) is 79.8 Å². The van der Waals surface area contributed by atoms with E-state index in [9.17, 15) is 4.79 Å². The van der Waals surface area contributed by atoms with Crippen LogP contribution in [0.5, 0.6) is 0 Å². The Morgan fingerprint density at radius 1 is 0.800 bits per heavy atom. The van der Waals surface area contributed by atoms with Crippen LogP contribution in [-0.4, -0.2) is 5.91 Å². The summed E-state index contributed by atoms with van der Waals surface area (Å²) in [6, 6.07) is 3.67. The molecule has 1 rings (SSSR count). The summed E-state index contributed by atoms with van der Waals surface area (Å²) in [7, 11) is 0. The lowest BCUT2D eigenvalue weighted by molar-refractivity contribution is -0.121. The Hall–Kier alpha value is -2.81. The van der Waals surface area contributed by atoms with Crippen molar-refractivity contribution in [2.45, 2.75) is 64.8 Å². The van der Waals surface area contributed by atoms with E-state index in [1.54, 1.807) is 6.26 Å². The Labute approximate surface area is 182 Å². The van der Waals surface area contributed by atoms with Gasteiger partial charge in [-0.05, 0) is 57.1 Å². The van der Waals surface area contributed by atoms with Gasteiger partial charge in [0.25, 0.3) is 0 Å². The molecule has 0 aromatic carbocycles. The number of carbonyl (C=O) groups is 1. The second-order valence-corrected chi connectivity index (χ2v) is 6.81. The number of furan rings is 1. The van der Waals surface area contributed by atoms with Crippen LogP contribution in [0.2, 0.25) is 0 Å². The van der Waals surface area contributed by atoms with Crippen molar-refractivity contribution in [3.8, 4) is 0 Å². The summed E-state index contributed by atoms with van der Waals surface area (Å²) in [5.74, 6) is 0.822. The van der Waals surface area contributed by atoms with Crippen molar-refractivity contribution < 1.29 is 9.21 Å². The number of allylic oxidation sites excluding steroid dienone is 12. The van der Waals surface area contributed by atoms with Crippen molar-refractivity contribution in [1.82, 2.24) is 5.32 Å². The van der Waals surface area contributed by atoms with Crippen molar-refractivity contribution >= 4 is 5.91 Å². The van der Waals surface area contributed by atoms with Gasteiger partial charge >= 0.3 is 0 Å². The molecule has 1 amide bonds. The quantitative estimate of drug-likeness (QED) is 0.291. The van der Waals surface area contributed by atoms with E-state index in [4.69, 9.17) is 4.42 Å². The van der Waals surface area contributed by atoms with Gasteiger partial charge in [-0.15, -0.1) is 0 Å². The minimum Gasteiger partial charge on any atom is -0.467 e. The van der Waals surface area contributed by atoms with E-state index in [-0.39, 0.29) is 5.91 Å². The van der Waals surface area contributed by atoms with Crippen molar-refractivity contribution in [3.63, 3.8) is 0 Å². The number of rotatable bonds is 16. The minimum atomic E-state index is 0.0472. The van der Waals surface area contributed by atoms with Crippen LogP contribution in [0.3, 0.4) is 0 Å². The van der Waals surface area contributed by atoms with Crippen molar-refractivity contribution in [2.24, 2.45) is 0 Å². The van der Waals surface area contributed by atoms with Crippen LogP contribution < -0.4 is 5.32 Å². The molecule has 0 spiro atoms. The average Bonchev–Trinajstić information content (AvgIpc) is 3.27. The first-order valence-corrected chi connectivity index (χ1v) is 11.0. The van der Waals surface area contributed by atoms with Gasteiger partial charge in [0.2, 0.25) is 5.91 Å². The maximum Gasteiger partial charge on any atom is 0.220 e. The molecule has 1 heterocycles. The normalized spacial score (nSPS) is 12.7. The largest absolute Gasteiger partial charge is 0.467 e. The van der Waals surface area contributed by atoms with Gasteiger partial charge in [0.15, 0.2) is 0 Å². The lowest BCUT2D eigenvalue weighted by atomic mass is 10.2. The summed E-state index contributed by atoms with van der Waals surface area (Å²) in [6.45, 7) is 2.61. The summed E-state index contributed by atoms with van der Waals surface area (Å²) in [6.07, 6.45) is 35.0. The first kappa shape index (κ1) is 25.2. The molecule has 3 heteroatoms. The third kappa shape index (κ3) is 16.2. The maximum atomic E-state index is 11.7. The van der Waals surface area contributed by atoms with Crippen LogP contribution in [0.15, 0.2) is 95.7 Å². The molecular formula is C27H37NO2. The average molecular weight is 408 g/mol. The molecule has 0 bridgehead atoms. The third-order valence-corrected chi connectivity index (χ3v) is 4.17.